The zero-order valence-electron chi connectivity index (χ0n) is 14.0. The van der Waals surface area contributed by atoms with Gasteiger partial charge >= 0.3 is 0 Å². The molecule has 1 aliphatic carbocycles. The van der Waals surface area contributed by atoms with Gasteiger partial charge in [0.15, 0.2) is 0 Å². The third-order valence-corrected chi connectivity index (χ3v) is 4.97. The van der Waals surface area contributed by atoms with Gasteiger partial charge in [0.25, 0.3) is 0 Å². The van der Waals surface area contributed by atoms with Crippen molar-refractivity contribution in [3.05, 3.63) is 35.6 Å². The van der Waals surface area contributed by atoms with Gasteiger partial charge in [0.05, 0.1) is 0 Å². The first-order valence-electron chi connectivity index (χ1n) is 8.43. The van der Waals surface area contributed by atoms with Crippen LogP contribution in [0.3, 0.4) is 0 Å². The maximum atomic E-state index is 13.1. The summed E-state index contributed by atoms with van der Waals surface area (Å²) in [6, 6.07) is 7.90. The maximum absolute atomic E-state index is 13.1. The first-order chi connectivity index (χ1) is 9.91. The van der Waals surface area contributed by atoms with Crippen LogP contribution < -0.4 is 5.32 Å². The second-order valence-corrected chi connectivity index (χ2v) is 7.54. The van der Waals surface area contributed by atoms with E-state index in [2.05, 4.69) is 33.0 Å². The van der Waals surface area contributed by atoms with Crippen molar-refractivity contribution in [3.63, 3.8) is 0 Å². The molecule has 3 atom stereocenters. The largest absolute Gasteiger partial charge is 0.307 e. The van der Waals surface area contributed by atoms with Crippen molar-refractivity contribution < 1.29 is 4.39 Å². The molecule has 1 fully saturated rings. The van der Waals surface area contributed by atoms with Gasteiger partial charge < -0.3 is 5.32 Å². The van der Waals surface area contributed by atoms with E-state index < -0.39 is 0 Å². The van der Waals surface area contributed by atoms with Gasteiger partial charge in [-0.15, -0.1) is 0 Å². The minimum atomic E-state index is -0.154. The Balaban J connectivity index is 2.10. The van der Waals surface area contributed by atoms with E-state index in [9.17, 15) is 4.39 Å². The summed E-state index contributed by atoms with van der Waals surface area (Å²) in [6.07, 6.45) is 6.30. The van der Waals surface area contributed by atoms with E-state index in [-0.39, 0.29) is 5.82 Å². The normalized spacial score (nSPS) is 24.8. The zero-order chi connectivity index (χ0) is 15.5. The highest BCUT2D eigenvalue weighted by Crippen LogP contribution is 2.39. The third kappa shape index (κ3) is 4.29. The van der Waals surface area contributed by atoms with Gasteiger partial charge in [0, 0.05) is 12.1 Å². The first-order valence-corrected chi connectivity index (χ1v) is 8.43. The molecule has 3 unspecified atom stereocenters. The van der Waals surface area contributed by atoms with E-state index in [1.165, 1.54) is 31.2 Å². The fourth-order valence-corrected chi connectivity index (χ4v) is 3.77. The summed E-state index contributed by atoms with van der Waals surface area (Å²) in [7, 11) is 0. The molecule has 1 aromatic rings. The fraction of sp³-hybridized carbons (Fsp3) is 0.684. The monoisotopic (exact) mass is 291 g/mol. The Morgan fingerprint density at radius 1 is 1.14 bits per heavy atom. The van der Waals surface area contributed by atoms with Crippen molar-refractivity contribution in [1.82, 2.24) is 5.32 Å². The second-order valence-electron chi connectivity index (χ2n) is 7.54. The molecule has 2 heteroatoms. The van der Waals surface area contributed by atoms with Crippen LogP contribution >= 0.6 is 0 Å². The summed E-state index contributed by atoms with van der Waals surface area (Å²) >= 11 is 0. The average molecular weight is 291 g/mol. The lowest BCUT2D eigenvalue weighted by molar-refractivity contribution is 0.122. The molecular formula is C19H30FN. The molecule has 0 radical (unpaired) electrons. The topological polar surface area (TPSA) is 12.0 Å². The molecule has 1 nitrogen and oxygen atoms in total. The van der Waals surface area contributed by atoms with Crippen molar-refractivity contribution in [1.29, 1.82) is 0 Å². The predicted octanol–water partition coefficient (Wildman–Crippen LogP) is 5.47. The van der Waals surface area contributed by atoms with Crippen molar-refractivity contribution in [2.45, 2.75) is 71.9 Å². The number of halogens is 1. The molecule has 1 N–H and O–H groups in total. The Labute approximate surface area is 129 Å². The molecule has 0 spiro atoms. The smallest absolute Gasteiger partial charge is 0.123 e. The number of benzene rings is 1. The van der Waals surface area contributed by atoms with E-state index in [0.717, 1.165) is 12.3 Å². The highest BCUT2D eigenvalue weighted by Gasteiger charge is 2.34. The fourth-order valence-electron chi connectivity index (χ4n) is 3.77. The molecule has 2 rings (SSSR count). The Morgan fingerprint density at radius 2 is 1.76 bits per heavy atom. The van der Waals surface area contributed by atoms with E-state index in [0.29, 0.717) is 17.5 Å². The standard InChI is InChI=1S/C19H30FN/c1-5-17(14-10-12-15(20)13-11-14)21-18-9-7-6-8-16(18)19(2,3)4/h10-13,16-18,21H,5-9H2,1-4H3. The summed E-state index contributed by atoms with van der Waals surface area (Å²) in [5.74, 6) is 0.569. The SMILES string of the molecule is CCC(NC1CCCCC1C(C)(C)C)c1ccc(F)cc1. The van der Waals surface area contributed by atoms with Gasteiger partial charge in [-0.3, -0.25) is 0 Å². The summed E-state index contributed by atoms with van der Waals surface area (Å²) in [5, 5.41) is 3.88. The molecule has 0 heterocycles. The number of hydrogen-bond donors (Lipinski definition) is 1. The Hall–Kier alpha value is -0.890. The molecule has 1 aromatic carbocycles. The molecule has 0 bridgehead atoms. The van der Waals surface area contributed by atoms with Crippen LogP contribution in [0.1, 0.15) is 71.4 Å². The van der Waals surface area contributed by atoms with E-state index in [4.69, 9.17) is 0 Å². The van der Waals surface area contributed by atoms with E-state index in [1.807, 2.05) is 12.1 Å². The molecule has 0 aliphatic heterocycles. The molecule has 21 heavy (non-hydrogen) atoms. The van der Waals surface area contributed by atoms with E-state index >= 15 is 0 Å². The molecule has 1 saturated carbocycles. The Morgan fingerprint density at radius 3 is 2.33 bits per heavy atom. The van der Waals surface area contributed by atoms with Gasteiger partial charge in [0.2, 0.25) is 0 Å². The van der Waals surface area contributed by atoms with Gasteiger partial charge in [-0.1, -0.05) is 52.7 Å². The number of nitrogens with one attached hydrogen (secondary N) is 1. The van der Waals surface area contributed by atoms with Gasteiger partial charge in [-0.2, -0.15) is 0 Å². The Bertz CT molecular complexity index is 432. The lowest BCUT2D eigenvalue weighted by Gasteiger charge is -2.42. The van der Waals surface area contributed by atoms with Crippen LogP contribution in [0.2, 0.25) is 0 Å². The molecular weight excluding hydrogens is 261 g/mol. The highest BCUT2D eigenvalue weighted by atomic mass is 19.1. The first kappa shape index (κ1) is 16.5. The summed E-state index contributed by atoms with van der Waals surface area (Å²) in [6.45, 7) is 9.28. The molecule has 0 saturated heterocycles. The lowest BCUT2D eigenvalue weighted by Crippen LogP contribution is -2.45. The highest BCUT2D eigenvalue weighted by molar-refractivity contribution is 5.20. The summed E-state index contributed by atoms with van der Waals surface area (Å²) in [5.41, 5.74) is 1.55. The second kappa shape index (κ2) is 6.91. The average Bonchev–Trinajstić information content (AvgIpc) is 2.45. The minimum absolute atomic E-state index is 0.154. The zero-order valence-corrected chi connectivity index (χ0v) is 14.0. The van der Waals surface area contributed by atoms with Crippen LogP contribution in [-0.4, -0.2) is 6.04 Å². The van der Waals surface area contributed by atoms with Crippen LogP contribution in [0, 0.1) is 17.2 Å². The van der Waals surface area contributed by atoms with Crippen molar-refractivity contribution >= 4 is 0 Å². The van der Waals surface area contributed by atoms with E-state index in [1.54, 1.807) is 12.1 Å². The van der Waals surface area contributed by atoms with Crippen molar-refractivity contribution in [2.75, 3.05) is 0 Å². The molecule has 0 amide bonds. The predicted molar refractivity (Wildman–Crippen MR) is 87.8 cm³/mol. The maximum Gasteiger partial charge on any atom is 0.123 e. The van der Waals surface area contributed by atoms with Gasteiger partial charge in [0.1, 0.15) is 5.82 Å². The lowest BCUT2D eigenvalue weighted by atomic mass is 9.69. The van der Waals surface area contributed by atoms with Crippen LogP contribution in [0.4, 0.5) is 4.39 Å². The quantitative estimate of drug-likeness (QED) is 0.775. The summed E-state index contributed by atoms with van der Waals surface area (Å²) in [4.78, 5) is 0. The van der Waals surface area contributed by atoms with Crippen LogP contribution in [0.5, 0.6) is 0 Å². The van der Waals surface area contributed by atoms with Crippen LogP contribution in [0.25, 0.3) is 0 Å². The molecule has 0 aromatic heterocycles. The van der Waals surface area contributed by atoms with Crippen LogP contribution in [0.15, 0.2) is 24.3 Å². The van der Waals surface area contributed by atoms with Crippen molar-refractivity contribution in [3.8, 4) is 0 Å². The molecule has 1 aliphatic rings. The van der Waals surface area contributed by atoms with Crippen molar-refractivity contribution in [2.24, 2.45) is 11.3 Å². The summed E-state index contributed by atoms with van der Waals surface area (Å²) < 4.78 is 13.1. The third-order valence-electron chi connectivity index (χ3n) is 4.97. The Kier molecular flexibility index (Phi) is 5.43. The minimum Gasteiger partial charge on any atom is -0.307 e. The van der Waals surface area contributed by atoms with Gasteiger partial charge in [-0.25, -0.2) is 4.39 Å². The molecule has 118 valence electrons. The van der Waals surface area contributed by atoms with Crippen LogP contribution in [-0.2, 0) is 0 Å². The number of rotatable bonds is 4. The number of hydrogen-bond acceptors (Lipinski definition) is 1. The van der Waals surface area contributed by atoms with Gasteiger partial charge in [-0.05, 0) is 48.3 Å².